The number of halogens is 1. The minimum atomic E-state index is -0.182. The van der Waals surface area contributed by atoms with Crippen LogP contribution in [0.25, 0.3) is 6.08 Å². The second-order valence-corrected chi connectivity index (χ2v) is 4.37. The lowest BCUT2D eigenvalue weighted by atomic mass is 10.1. The van der Waals surface area contributed by atoms with E-state index in [0.717, 1.165) is 11.3 Å². The van der Waals surface area contributed by atoms with Crippen LogP contribution in [-0.2, 0) is 0 Å². The van der Waals surface area contributed by atoms with Crippen LogP contribution in [0.1, 0.15) is 15.9 Å². The van der Waals surface area contributed by atoms with Gasteiger partial charge in [-0.15, -0.1) is 0 Å². The molecule has 0 unspecified atom stereocenters. The average Bonchev–Trinajstić information content (AvgIpc) is 2.48. The van der Waals surface area contributed by atoms with Gasteiger partial charge in [0.05, 0.1) is 12.1 Å². The number of hydrogen-bond acceptors (Lipinski definition) is 2. The number of carbonyl (C=O) groups is 1. The van der Waals surface area contributed by atoms with Crippen LogP contribution in [0.15, 0.2) is 59.6 Å². The predicted molar refractivity (Wildman–Crippen MR) is 77.6 cm³/mol. The van der Waals surface area contributed by atoms with E-state index in [1.165, 1.54) is 0 Å². The van der Waals surface area contributed by atoms with Gasteiger partial charge >= 0.3 is 0 Å². The second-order valence-electron chi connectivity index (χ2n) is 3.96. The van der Waals surface area contributed by atoms with Gasteiger partial charge in [0, 0.05) is 5.56 Å². The summed E-state index contributed by atoms with van der Waals surface area (Å²) in [5, 5.41) is 0.191. The lowest BCUT2D eigenvalue weighted by Crippen LogP contribution is -1.98. The maximum Gasteiger partial charge on any atom is 0.204 e. The molecule has 0 heterocycles. The maximum atomic E-state index is 12.0. The summed E-state index contributed by atoms with van der Waals surface area (Å²) in [5.74, 6) is 0.584. The van der Waals surface area contributed by atoms with E-state index < -0.39 is 0 Å². The van der Waals surface area contributed by atoms with Gasteiger partial charge in [-0.2, -0.15) is 0 Å². The smallest absolute Gasteiger partial charge is 0.204 e. The van der Waals surface area contributed by atoms with Crippen LogP contribution in [0.2, 0.25) is 0 Å². The zero-order chi connectivity index (χ0) is 13.7. The Kier molecular flexibility index (Phi) is 4.37. The first kappa shape index (κ1) is 13.4. The molecule has 0 aromatic heterocycles. The summed E-state index contributed by atoms with van der Waals surface area (Å²) in [4.78, 5) is 12.0. The van der Waals surface area contributed by atoms with E-state index in [-0.39, 0.29) is 10.8 Å². The molecule has 0 bridgehead atoms. The molecule has 0 atom stereocenters. The Labute approximate surface area is 117 Å². The molecule has 0 amide bonds. The number of methoxy groups -OCH3 is 1. The van der Waals surface area contributed by atoms with Crippen LogP contribution < -0.4 is 4.74 Å². The molecule has 2 aromatic rings. The fourth-order valence-corrected chi connectivity index (χ4v) is 1.87. The first-order valence-electron chi connectivity index (χ1n) is 5.81. The van der Waals surface area contributed by atoms with E-state index in [1.54, 1.807) is 25.3 Å². The molecule has 2 aromatic carbocycles. The summed E-state index contributed by atoms with van der Waals surface area (Å²) in [5.41, 5.74) is 1.44. The summed E-state index contributed by atoms with van der Waals surface area (Å²) in [6.45, 7) is 0. The van der Waals surface area contributed by atoms with Gasteiger partial charge in [0.15, 0.2) is 0 Å². The molecule has 2 nitrogen and oxygen atoms in total. The van der Waals surface area contributed by atoms with Crippen molar-refractivity contribution in [2.75, 3.05) is 7.11 Å². The molecule has 96 valence electrons. The molecule has 0 radical (unpaired) electrons. The molecule has 3 heteroatoms. The van der Waals surface area contributed by atoms with Crippen molar-refractivity contribution in [3.63, 3.8) is 0 Å². The lowest BCUT2D eigenvalue weighted by molar-refractivity contribution is 0.104. The van der Waals surface area contributed by atoms with Crippen molar-refractivity contribution in [1.82, 2.24) is 0 Å². The Balaban J connectivity index is 2.20. The van der Waals surface area contributed by atoms with Crippen LogP contribution in [-0.4, -0.2) is 12.9 Å². The van der Waals surface area contributed by atoms with Crippen LogP contribution in [0.3, 0.4) is 0 Å². The zero-order valence-electron chi connectivity index (χ0n) is 10.5. The molecule has 0 N–H and O–H groups in total. The third-order valence-corrected chi connectivity index (χ3v) is 2.94. The van der Waals surface area contributed by atoms with E-state index >= 15 is 0 Å². The van der Waals surface area contributed by atoms with E-state index in [0.29, 0.717) is 5.56 Å². The monoisotopic (exact) mass is 272 g/mol. The molecular formula is C16H13ClO2. The summed E-state index contributed by atoms with van der Waals surface area (Å²) in [6, 6.07) is 16.3. The molecule has 2 rings (SSSR count). The Morgan fingerprint density at radius 2 is 1.68 bits per heavy atom. The molecule has 0 aliphatic heterocycles. The number of rotatable bonds is 4. The van der Waals surface area contributed by atoms with Crippen molar-refractivity contribution in [3.05, 3.63) is 70.8 Å². The van der Waals surface area contributed by atoms with Gasteiger partial charge in [-0.25, -0.2) is 0 Å². The molecule has 0 fully saturated rings. The van der Waals surface area contributed by atoms with Gasteiger partial charge in [0.2, 0.25) is 5.78 Å². The fourth-order valence-electron chi connectivity index (χ4n) is 1.64. The van der Waals surface area contributed by atoms with Gasteiger partial charge in [-0.1, -0.05) is 54.1 Å². The average molecular weight is 273 g/mol. The van der Waals surface area contributed by atoms with Crippen LogP contribution in [0.4, 0.5) is 0 Å². The predicted octanol–water partition coefficient (Wildman–Crippen LogP) is 4.16. The Bertz CT molecular complexity index is 586. The number of Topliss-reactive ketones (excluding diaryl/α,β-unsaturated/α-hetero) is 1. The van der Waals surface area contributed by atoms with Crippen LogP contribution >= 0.6 is 11.6 Å². The van der Waals surface area contributed by atoms with Crippen LogP contribution in [0.5, 0.6) is 5.75 Å². The summed E-state index contributed by atoms with van der Waals surface area (Å²) in [6.07, 6.45) is 1.65. The second kappa shape index (κ2) is 6.21. The van der Waals surface area contributed by atoms with Gasteiger partial charge < -0.3 is 4.74 Å². The Hall–Kier alpha value is -2.06. The SMILES string of the molecule is COc1ccc(C=C(Cl)C(=O)c2ccccc2)cc1. The summed E-state index contributed by atoms with van der Waals surface area (Å²) < 4.78 is 5.07. The van der Waals surface area contributed by atoms with Crippen molar-refractivity contribution < 1.29 is 9.53 Å². The van der Waals surface area contributed by atoms with Crippen LogP contribution in [0, 0.1) is 0 Å². The third-order valence-electron chi connectivity index (χ3n) is 2.66. The quantitative estimate of drug-likeness (QED) is 0.617. The number of benzene rings is 2. The Morgan fingerprint density at radius 1 is 1.05 bits per heavy atom. The van der Waals surface area contributed by atoms with Gasteiger partial charge in [0.25, 0.3) is 0 Å². The molecular weight excluding hydrogens is 260 g/mol. The van der Waals surface area contributed by atoms with Crippen molar-refractivity contribution in [2.45, 2.75) is 0 Å². The molecule has 0 aliphatic rings. The summed E-state index contributed by atoms with van der Waals surface area (Å²) >= 11 is 6.05. The molecule has 0 spiro atoms. The van der Waals surface area contributed by atoms with Crippen molar-refractivity contribution in [2.24, 2.45) is 0 Å². The maximum absolute atomic E-state index is 12.0. The topological polar surface area (TPSA) is 26.3 Å². The highest BCUT2D eigenvalue weighted by molar-refractivity contribution is 6.47. The minimum absolute atomic E-state index is 0.182. The van der Waals surface area contributed by atoms with Gasteiger partial charge in [-0.05, 0) is 23.8 Å². The summed E-state index contributed by atoms with van der Waals surface area (Å²) in [7, 11) is 1.61. The van der Waals surface area contributed by atoms with Crippen molar-refractivity contribution in [1.29, 1.82) is 0 Å². The molecule has 0 saturated heterocycles. The number of allylic oxidation sites excluding steroid dienone is 1. The first-order valence-corrected chi connectivity index (χ1v) is 6.19. The van der Waals surface area contributed by atoms with E-state index in [1.807, 2.05) is 42.5 Å². The van der Waals surface area contributed by atoms with E-state index in [4.69, 9.17) is 16.3 Å². The highest BCUT2D eigenvalue weighted by atomic mass is 35.5. The fraction of sp³-hybridized carbons (Fsp3) is 0.0625. The normalized spacial score (nSPS) is 11.2. The molecule has 19 heavy (non-hydrogen) atoms. The largest absolute Gasteiger partial charge is 0.497 e. The number of hydrogen-bond donors (Lipinski definition) is 0. The van der Waals surface area contributed by atoms with Gasteiger partial charge in [-0.3, -0.25) is 4.79 Å². The number of carbonyl (C=O) groups excluding carboxylic acids is 1. The van der Waals surface area contributed by atoms with E-state index in [2.05, 4.69) is 0 Å². The van der Waals surface area contributed by atoms with Gasteiger partial charge in [0.1, 0.15) is 5.75 Å². The highest BCUT2D eigenvalue weighted by Crippen LogP contribution is 2.18. The Morgan fingerprint density at radius 3 is 2.26 bits per heavy atom. The number of ketones is 1. The number of ether oxygens (including phenoxy) is 1. The standard InChI is InChI=1S/C16H13ClO2/c1-19-14-9-7-12(8-10-14)11-15(17)16(18)13-5-3-2-4-6-13/h2-11H,1H3. The first-order chi connectivity index (χ1) is 9.20. The molecule has 0 saturated carbocycles. The third kappa shape index (κ3) is 3.46. The van der Waals surface area contributed by atoms with Crippen molar-refractivity contribution >= 4 is 23.5 Å². The highest BCUT2D eigenvalue weighted by Gasteiger charge is 2.09. The van der Waals surface area contributed by atoms with Crippen molar-refractivity contribution in [3.8, 4) is 5.75 Å². The minimum Gasteiger partial charge on any atom is -0.497 e. The zero-order valence-corrected chi connectivity index (χ0v) is 11.2. The van der Waals surface area contributed by atoms with E-state index in [9.17, 15) is 4.79 Å². The lowest BCUT2D eigenvalue weighted by Gasteiger charge is -2.01. The molecule has 0 aliphatic carbocycles.